The molecule has 1 spiro atoms. The van der Waals surface area contributed by atoms with Gasteiger partial charge in [-0.2, -0.15) is 5.10 Å². The van der Waals surface area contributed by atoms with Crippen LogP contribution in [0.2, 0.25) is 0 Å². The Morgan fingerprint density at radius 2 is 1.77 bits per heavy atom. The number of aromatic nitrogens is 2. The van der Waals surface area contributed by atoms with Crippen molar-refractivity contribution in [3.63, 3.8) is 0 Å². The number of amides is 2. The maximum absolute atomic E-state index is 13.9. The molecule has 212 valence electrons. The number of hydrogen-bond acceptors (Lipinski definition) is 4. The van der Waals surface area contributed by atoms with Gasteiger partial charge in [0.1, 0.15) is 17.4 Å². The van der Waals surface area contributed by atoms with Crippen LogP contribution < -0.4 is 5.32 Å². The highest BCUT2D eigenvalue weighted by molar-refractivity contribution is 6.00. The lowest BCUT2D eigenvalue weighted by molar-refractivity contribution is -0.162. The molecule has 1 saturated carbocycles. The minimum Gasteiger partial charge on any atom is -0.342 e. The fraction of sp³-hybridized carbons (Fsp3) is 0.645. The number of piperazine rings is 1. The SMILES string of the molecule is CCCCN1C(=O)[C@H](CC2CCCCC2)NC(=O)C12CCN(C(c1ccc(F)cc1)c1c(C)n[nH]c1C)CC2. The quantitative estimate of drug-likeness (QED) is 0.486. The summed E-state index contributed by atoms with van der Waals surface area (Å²) < 4.78 is 13.8. The second kappa shape index (κ2) is 11.8. The van der Waals surface area contributed by atoms with Gasteiger partial charge in [-0.15, -0.1) is 0 Å². The first-order chi connectivity index (χ1) is 18.8. The Morgan fingerprint density at radius 3 is 2.38 bits per heavy atom. The molecule has 3 heterocycles. The van der Waals surface area contributed by atoms with Crippen LogP contribution in [0, 0.1) is 25.6 Å². The molecule has 2 amide bonds. The van der Waals surface area contributed by atoms with Gasteiger partial charge in [0.15, 0.2) is 0 Å². The molecule has 2 aromatic rings. The number of aromatic amines is 1. The van der Waals surface area contributed by atoms with E-state index in [1.54, 1.807) is 0 Å². The second-order valence-electron chi connectivity index (χ2n) is 12.0. The number of likely N-dealkylation sites (tertiary alicyclic amines) is 1. The predicted molar refractivity (Wildman–Crippen MR) is 150 cm³/mol. The van der Waals surface area contributed by atoms with E-state index in [1.165, 1.54) is 31.4 Å². The number of H-pyrrole nitrogens is 1. The molecule has 1 aromatic heterocycles. The Kier molecular flexibility index (Phi) is 8.40. The molecule has 3 aliphatic rings. The zero-order chi connectivity index (χ0) is 27.6. The summed E-state index contributed by atoms with van der Waals surface area (Å²) in [5.74, 6) is 0.392. The van der Waals surface area contributed by atoms with Gasteiger partial charge in [-0.05, 0) is 63.1 Å². The average Bonchev–Trinajstić information content (AvgIpc) is 3.27. The molecule has 2 saturated heterocycles. The fourth-order valence-corrected chi connectivity index (χ4v) is 7.25. The molecule has 2 atom stereocenters. The van der Waals surface area contributed by atoms with Crippen molar-refractivity contribution in [1.82, 2.24) is 25.3 Å². The number of piperidine rings is 1. The molecule has 2 N–H and O–H groups in total. The van der Waals surface area contributed by atoms with Crippen molar-refractivity contribution in [2.24, 2.45) is 5.92 Å². The van der Waals surface area contributed by atoms with E-state index in [2.05, 4.69) is 27.3 Å². The van der Waals surface area contributed by atoms with Crippen LogP contribution in [0.5, 0.6) is 0 Å². The van der Waals surface area contributed by atoms with E-state index in [0.717, 1.165) is 54.6 Å². The van der Waals surface area contributed by atoms with Crippen LogP contribution in [0.3, 0.4) is 0 Å². The van der Waals surface area contributed by atoms with Crippen LogP contribution in [0.15, 0.2) is 24.3 Å². The normalized spacial score (nSPS) is 23.3. The van der Waals surface area contributed by atoms with Crippen LogP contribution in [-0.2, 0) is 9.59 Å². The predicted octanol–water partition coefficient (Wildman–Crippen LogP) is 5.19. The number of carbonyl (C=O) groups excluding carboxylic acids is 2. The van der Waals surface area contributed by atoms with E-state index in [1.807, 2.05) is 30.9 Å². The van der Waals surface area contributed by atoms with E-state index in [4.69, 9.17) is 0 Å². The molecule has 1 unspecified atom stereocenters. The fourth-order valence-electron chi connectivity index (χ4n) is 7.25. The van der Waals surface area contributed by atoms with Gasteiger partial charge in [-0.3, -0.25) is 19.6 Å². The topological polar surface area (TPSA) is 81.3 Å². The standard InChI is InChI=1S/C31H44FN5O2/c1-4-5-17-37-29(38)26(20-23-9-7-6-8-10-23)33-30(39)31(37)15-18-36(19-16-31)28(24-11-13-25(32)14-12-24)27-21(2)34-35-22(27)3/h11-14,23,26,28H,4-10,15-20H2,1-3H3,(H,33,39)(H,34,35)/t26-,28?/m0/s1. The van der Waals surface area contributed by atoms with Gasteiger partial charge in [-0.1, -0.05) is 57.6 Å². The monoisotopic (exact) mass is 537 g/mol. The highest BCUT2D eigenvalue weighted by Crippen LogP contribution is 2.40. The van der Waals surface area contributed by atoms with E-state index in [0.29, 0.717) is 38.4 Å². The lowest BCUT2D eigenvalue weighted by atomic mass is 9.78. The summed E-state index contributed by atoms with van der Waals surface area (Å²) in [6, 6.07) is 6.19. The Hall–Kier alpha value is -2.74. The third-order valence-corrected chi connectivity index (χ3v) is 9.47. The van der Waals surface area contributed by atoms with Crippen molar-refractivity contribution in [2.75, 3.05) is 19.6 Å². The molecule has 1 aromatic carbocycles. The third-order valence-electron chi connectivity index (χ3n) is 9.47. The summed E-state index contributed by atoms with van der Waals surface area (Å²) in [4.78, 5) is 32.1. The Bertz CT molecular complexity index is 1130. The maximum Gasteiger partial charge on any atom is 0.246 e. The highest BCUT2D eigenvalue weighted by atomic mass is 19.1. The molecule has 39 heavy (non-hydrogen) atoms. The molecule has 5 rings (SSSR count). The molecular formula is C31H44FN5O2. The summed E-state index contributed by atoms with van der Waals surface area (Å²) in [6.45, 7) is 8.08. The van der Waals surface area contributed by atoms with E-state index >= 15 is 0 Å². The summed E-state index contributed by atoms with van der Waals surface area (Å²) in [5, 5.41) is 10.8. The van der Waals surface area contributed by atoms with E-state index in [9.17, 15) is 14.0 Å². The van der Waals surface area contributed by atoms with Crippen LogP contribution in [0.1, 0.15) is 99.7 Å². The lowest BCUT2D eigenvalue weighted by Gasteiger charge is -2.53. The smallest absolute Gasteiger partial charge is 0.246 e. The molecule has 8 heteroatoms. The number of unbranched alkanes of at least 4 members (excludes halogenated alkanes) is 1. The molecule has 1 aliphatic carbocycles. The van der Waals surface area contributed by atoms with Crippen molar-refractivity contribution in [2.45, 2.75) is 103 Å². The van der Waals surface area contributed by atoms with Crippen molar-refractivity contribution < 1.29 is 14.0 Å². The number of benzene rings is 1. The molecule has 0 radical (unpaired) electrons. The van der Waals surface area contributed by atoms with Gasteiger partial charge < -0.3 is 10.2 Å². The van der Waals surface area contributed by atoms with Crippen molar-refractivity contribution in [3.05, 3.63) is 52.6 Å². The van der Waals surface area contributed by atoms with Gasteiger partial charge in [0.2, 0.25) is 11.8 Å². The van der Waals surface area contributed by atoms with Crippen LogP contribution in [0.25, 0.3) is 0 Å². The molecule has 7 nitrogen and oxygen atoms in total. The van der Waals surface area contributed by atoms with Crippen LogP contribution >= 0.6 is 0 Å². The lowest BCUT2D eigenvalue weighted by Crippen LogP contribution is -2.73. The number of hydrogen-bond donors (Lipinski definition) is 2. The first kappa shape index (κ1) is 27.8. The van der Waals surface area contributed by atoms with Crippen molar-refractivity contribution in [3.8, 4) is 0 Å². The highest BCUT2D eigenvalue weighted by Gasteiger charge is 2.54. The minimum atomic E-state index is -0.806. The number of carbonyl (C=O) groups is 2. The van der Waals surface area contributed by atoms with Gasteiger partial charge >= 0.3 is 0 Å². The second-order valence-corrected chi connectivity index (χ2v) is 12.0. The summed E-state index contributed by atoms with van der Waals surface area (Å²) in [7, 11) is 0. The third kappa shape index (κ3) is 5.49. The molecular weight excluding hydrogens is 493 g/mol. The number of aryl methyl sites for hydroxylation is 2. The van der Waals surface area contributed by atoms with Gasteiger partial charge in [0.05, 0.1) is 11.7 Å². The number of nitrogens with zero attached hydrogens (tertiary/aromatic N) is 3. The summed E-state index contributed by atoms with van der Waals surface area (Å²) in [6.07, 6.45) is 9.85. The first-order valence-electron chi connectivity index (χ1n) is 15.0. The zero-order valence-electron chi connectivity index (χ0n) is 23.8. The number of halogens is 1. The van der Waals surface area contributed by atoms with Gasteiger partial charge in [-0.25, -0.2) is 4.39 Å². The molecule has 2 aliphatic heterocycles. The maximum atomic E-state index is 13.9. The van der Waals surface area contributed by atoms with Crippen LogP contribution in [0.4, 0.5) is 4.39 Å². The van der Waals surface area contributed by atoms with Crippen molar-refractivity contribution >= 4 is 11.8 Å². The summed E-state index contributed by atoms with van der Waals surface area (Å²) >= 11 is 0. The Morgan fingerprint density at radius 1 is 1.08 bits per heavy atom. The zero-order valence-corrected chi connectivity index (χ0v) is 23.8. The molecule has 0 bridgehead atoms. The van der Waals surface area contributed by atoms with E-state index < -0.39 is 11.6 Å². The van der Waals surface area contributed by atoms with E-state index in [-0.39, 0.29) is 23.7 Å². The summed E-state index contributed by atoms with van der Waals surface area (Å²) in [5.41, 5.74) is 3.20. The average molecular weight is 538 g/mol. The largest absolute Gasteiger partial charge is 0.342 e. The minimum absolute atomic E-state index is 0.0210. The van der Waals surface area contributed by atoms with Gasteiger partial charge in [0, 0.05) is 30.9 Å². The number of rotatable bonds is 8. The Labute approximate surface area is 231 Å². The van der Waals surface area contributed by atoms with Crippen molar-refractivity contribution in [1.29, 1.82) is 0 Å². The first-order valence-corrected chi connectivity index (χ1v) is 15.0. The molecule has 3 fully saturated rings. The number of nitrogens with one attached hydrogen (secondary N) is 2. The Balaban J connectivity index is 1.39. The van der Waals surface area contributed by atoms with Crippen LogP contribution in [-0.4, -0.2) is 63.0 Å². The van der Waals surface area contributed by atoms with Gasteiger partial charge in [0.25, 0.3) is 0 Å².